The quantitative estimate of drug-likeness (QED) is 0.383. The van der Waals surface area contributed by atoms with E-state index in [1.807, 2.05) is 55.5 Å². The third-order valence-corrected chi connectivity index (χ3v) is 4.19. The van der Waals surface area contributed by atoms with Crippen LogP contribution in [-0.2, 0) is 0 Å². The lowest BCUT2D eigenvalue weighted by molar-refractivity contribution is 0.304. The first-order valence-corrected chi connectivity index (χ1v) is 10.2. The van der Waals surface area contributed by atoms with Crippen molar-refractivity contribution in [2.75, 3.05) is 13.2 Å². The van der Waals surface area contributed by atoms with E-state index in [2.05, 4.69) is 30.6 Å². The minimum Gasteiger partial charge on any atom is -0.494 e. The van der Waals surface area contributed by atoms with E-state index < -0.39 is 0 Å². The summed E-state index contributed by atoms with van der Waals surface area (Å²) >= 11 is 0. The molecule has 0 fully saturated rings. The van der Waals surface area contributed by atoms with Crippen LogP contribution in [0.5, 0.6) is 11.5 Å². The van der Waals surface area contributed by atoms with E-state index >= 15 is 0 Å². The van der Waals surface area contributed by atoms with E-state index in [0.717, 1.165) is 42.1 Å². The summed E-state index contributed by atoms with van der Waals surface area (Å²) in [5.41, 5.74) is 1.94. The highest BCUT2D eigenvalue weighted by molar-refractivity contribution is 5.45. The van der Waals surface area contributed by atoms with Crippen molar-refractivity contribution in [3.8, 4) is 35.2 Å². The molecule has 2 aromatic carbocycles. The van der Waals surface area contributed by atoms with Crippen LogP contribution < -0.4 is 9.47 Å². The minimum atomic E-state index is 0.423. The summed E-state index contributed by atoms with van der Waals surface area (Å²) in [6, 6.07) is 15.8. The van der Waals surface area contributed by atoms with Crippen molar-refractivity contribution in [1.29, 1.82) is 0 Å². The van der Waals surface area contributed by atoms with Gasteiger partial charge in [-0.25, -0.2) is 0 Å². The van der Waals surface area contributed by atoms with Crippen molar-refractivity contribution in [2.24, 2.45) is 0 Å². The van der Waals surface area contributed by atoms with Crippen molar-refractivity contribution in [1.82, 2.24) is 0 Å². The van der Waals surface area contributed by atoms with Gasteiger partial charge in [-0.15, -0.1) is 5.92 Å². The van der Waals surface area contributed by atoms with Crippen LogP contribution in [0.25, 0.3) is 0 Å². The maximum absolute atomic E-state index is 5.79. The van der Waals surface area contributed by atoms with Gasteiger partial charge in [-0.05, 0) is 55.0 Å². The van der Waals surface area contributed by atoms with Crippen LogP contribution in [-0.4, -0.2) is 13.2 Å². The monoisotopic (exact) mass is 374 g/mol. The smallest absolute Gasteiger partial charge is 0.149 e. The van der Waals surface area contributed by atoms with Gasteiger partial charge >= 0.3 is 0 Å². The van der Waals surface area contributed by atoms with Gasteiger partial charge in [0.25, 0.3) is 0 Å². The molecule has 0 N–H and O–H groups in total. The number of unbranched alkanes of at least 4 members (excludes halogenated alkanes) is 4. The Morgan fingerprint density at radius 2 is 1.21 bits per heavy atom. The molecule has 0 aliphatic carbocycles. The van der Waals surface area contributed by atoms with Crippen molar-refractivity contribution < 1.29 is 9.47 Å². The summed E-state index contributed by atoms with van der Waals surface area (Å²) in [6.07, 6.45) is 7.10. The Hall–Kier alpha value is -2.84. The van der Waals surface area contributed by atoms with Gasteiger partial charge in [-0.3, -0.25) is 0 Å². The van der Waals surface area contributed by atoms with Gasteiger partial charge in [0.15, 0.2) is 0 Å². The van der Waals surface area contributed by atoms with E-state index in [1.165, 1.54) is 25.7 Å². The van der Waals surface area contributed by atoms with Crippen molar-refractivity contribution in [2.45, 2.75) is 52.4 Å². The minimum absolute atomic E-state index is 0.423. The number of ether oxygens (including phenoxy) is 2. The third kappa shape index (κ3) is 8.70. The van der Waals surface area contributed by atoms with Gasteiger partial charge in [-0.1, -0.05) is 57.3 Å². The molecule has 0 aromatic heterocycles. The van der Waals surface area contributed by atoms with E-state index in [1.54, 1.807) is 0 Å². The standard InChI is InChI=1S/C26H30O2/c1-3-5-7-8-10-22-28-26-19-15-24(16-20-26)12-11-23-13-17-25(18-14-23)27-21-9-6-4-2/h13-20H,3-5,7-8,10,21-22H2,1-2H3. The van der Waals surface area contributed by atoms with E-state index in [9.17, 15) is 0 Å². The third-order valence-electron chi connectivity index (χ3n) is 4.19. The fourth-order valence-electron chi connectivity index (χ4n) is 2.60. The summed E-state index contributed by atoms with van der Waals surface area (Å²) in [6.45, 7) is 5.46. The zero-order valence-corrected chi connectivity index (χ0v) is 17.1. The molecule has 0 amide bonds. The Bertz CT molecular complexity index is 796. The first-order valence-electron chi connectivity index (χ1n) is 10.2. The predicted molar refractivity (Wildman–Crippen MR) is 117 cm³/mol. The summed E-state index contributed by atoms with van der Waals surface area (Å²) in [7, 11) is 0. The molecule has 0 saturated heterocycles. The predicted octanol–water partition coefficient (Wildman–Crippen LogP) is 6.23. The molecule has 0 unspecified atom stereocenters. The highest BCUT2D eigenvalue weighted by Gasteiger charge is 1.96. The molecule has 0 saturated carbocycles. The highest BCUT2D eigenvalue weighted by atomic mass is 16.5. The second-order valence-corrected chi connectivity index (χ2v) is 6.56. The summed E-state index contributed by atoms with van der Waals surface area (Å²) in [5, 5.41) is 0. The normalized spacial score (nSPS) is 9.64. The van der Waals surface area contributed by atoms with Gasteiger partial charge in [0.05, 0.1) is 6.61 Å². The van der Waals surface area contributed by atoms with Crippen LogP contribution in [0.2, 0.25) is 0 Å². The number of hydrogen-bond donors (Lipinski definition) is 0. The maximum Gasteiger partial charge on any atom is 0.149 e. The van der Waals surface area contributed by atoms with Gasteiger partial charge < -0.3 is 9.47 Å². The SMILES string of the molecule is CCC#CCOc1ccc(C#Cc2ccc(OCCCCCCC)cc2)cc1. The fraction of sp³-hybridized carbons (Fsp3) is 0.385. The molecular weight excluding hydrogens is 344 g/mol. The Balaban J connectivity index is 1.78. The van der Waals surface area contributed by atoms with Crippen molar-refractivity contribution >= 4 is 0 Å². The Kier molecular flexibility index (Phi) is 10.2. The molecule has 2 heteroatoms. The molecule has 0 aliphatic heterocycles. The average molecular weight is 375 g/mol. The second kappa shape index (κ2) is 13.3. The largest absolute Gasteiger partial charge is 0.494 e. The summed E-state index contributed by atoms with van der Waals surface area (Å²) in [4.78, 5) is 0. The molecule has 28 heavy (non-hydrogen) atoms. The van der Waals surface area contributed by atoms with Crippen LogP contribution >= 0.6 is 0 Å². The molecule has 0 heterocycles. The van der Waals surface area contributed by atoms with Crippen molar-refractivity contribution in [3.63, 3.8) is 0 Å². The van der Waals surface area contributed by atoms with E-state index in [-0.39, 0.29) is 0 Å². The van der Waals surface area contributed by atoms with Gasteiger partial charge in [-0.2, -0.15) is 0 Å². The van der Waals surface area contributed by atoms with Crippen molar-refractivity contribution in [3.05, 3.63) is 59.7 Å². The first kappa shape index (κ1) is 21.5. The molecule has 0 radical (unpaired) electrons. The Morgan fingerprint density at radius 1 is 0.643 bits per heavy atom. The second-order valence-electron chi connectivity index (χ2n) is 6.56. The lowest BCUT2D eigenvalue weighted by atomic mass is 10.1. The maximum atomic E-state index is 5.79. The Labute approximate surface area is 170 Å². The zero-order chi connectivity index (χ0) is 19.9. The van der Waals surface area contributed by atoms with Gasteiger partial charge in [0.1, 0.15) is 18.1 Å². The molecule has 146 valence electrons. The van der Waals surface area contributed by atoms with E-state index in [4.69, 9.17) is 9.47 Å². The van der Waals surface area contributed by atoms with Crippen LogP contribution in [0.1, 0.15) is 63.5 Å². The first-order chi connectivity index (χ1) is 13.8. The zero-order valence-electron chi connectivity index (χ0n) is 17.1. The molecule has 2 aromatic rings. The number of benzene rings is 2. The van der Waals surface area contributed by atoms with Crippen LogP contribution in [0.3, 0.4) is 0 Å². The van der Waals surface area contributed by atoms with Crippen LogP contribution in [0, 0.1) is 23.7 Å². The molecule has 0 atom stereocenters. The molecule has 0 spiro atoms. The molecular formula is C26H30O2. The Morgan fingerprint density at radius 3 is 1.79 bits per heavy atom. The van der Waals surface area contributed by atoms with Crippen LogP contribution in [0.4, 0.5) is 0 Å². The molecule has 0 aliphatic rings. The molecule has 2 rings (SSSR count). The fourth-order valence-corrected chi connectivity index (χ4v) is 2.60. The van der Waals surface area contributed by atoms with Gasteiger partial charge in [0, 0.05) is 17.5 Å². The van der Waals surface area contributed by atoms with Crippen LogP contribution in [0.15, 0.2) is 48.5 Å². The average Bonchev–Trinajstić information content (AvgIpc) is 2.74. The number of rotatable bonds is 9. The summed E-state index contributed by atoms with van der Waals surface area (Å²) in [5.74, 6) is 14.0. The topological polar surface area (TPSA) is 18.5 Å². The summed E-state index contributed by atoms with van der Waals surface area (Å²) < 4.78 is 11.4. The van der Waals surface area contributed by atoms with E-state index in [0.29, 0.717) is 6.61 Å². The number of hydrogen-bond acceptors (Lipinski definition) is 2. The molecule has 2 nitrogen and oxygen atoms in total. The van der Waals surface area contributed by atoms with Gasteiger partial charge in [0.2, 0.25) is 0 Å². The highest BCUT2D eigenvalue weighted by Crippen LogP contribution is 2.14. The lowest BCUT2D eigenvalue weighted by Gasteiger charge is -2.05. The molecule has 0 bridgehead atoms. The lowest BCUT2D eigenvalue weighted by Crippen LogP contribution is -1.97.